The maximum absolute atomic E-state index is 14.1. The van der Waals surface area contributed by atoms with Gasteiger partial charge in [0, 0.05) is 30.8 Å². The second kappa shape index (κ2) is 9.49. The van der Waals surface area contributed by atoms with Crippen molar-refractivity contribution >= 4 is 5.97 Å². The lowest BCUT2D eigenvalue weighted by molar-refractivity contribution is -0.916. The van der Waals surface area contributed by atoms with Crippen LogP contribution in [0.2, 0.25) is 0 Å². The topological polar surface area (TPSA) is 62.2 Å². The molecule has 4 rings (SSSR count). The predicted octanol–water partition coefficient (Wildman–Crippen LogP) is 3.22. The number of quaternary nitrogens is 1. The normalized spacial score (nSPS) is 26.3. The Kier molecular flexibility index (Phi) is 6.73. The molecule has 0 N–H and O–H groups in total. The fourth-order valence-corrected chi connectivity index (χ4v) is 5.40. The van der Waals surface area contributed by atoms with E-state index in [9.17, 15) is 9.90 Å². The van der Waals surface area contributed by atoms with Crippen LogP contribution < -0.4 is 5.11 Å². The number of benzene rings is 1. The molecule has 0 spiro atoms. The molecular formula is C26H34N2O3. The molecule has 1 aromatic heterocycles. The lowest BCUT2D eigenvalue weighted by atomic mass is 9.80. The summed E-state index contributed by atoms with van der Waals surface area (Å²) in [6.07, 6.45) is 9.94. The summed E-state index contributed by atoms with van der Waals surface area (Å²) in [5, 5.41) is 14.1. The van der Waals surface area contributed by atoms with Gasteiger partial charge in [-0.25, -0.2) is 0 Å². The molecule has 2 aromatic rings. The van der Waals surface area contributed by atoms with Crippen molar-refractivity contribution in [3.8, 4) is 0 Å². The smallest absolute Gasteiger partial charge is 0.300 e. The van der Waals surface area contributed by atoms with Crippen molar-refractivity contribution in [2.24, 2.45) is 5.92 Å². The first-order valence-electron chi connectivity index (χ1n) is 11.7. The fraction of sp³-hybridized carbons (Fsp3) is 0.538. The molecule has 1 aromatic carbocycles. The molecule has 5 nitrogen and oxygen atoms in total. The average molecular weight is 423 g/mol. The number of nitrogens with zero attached hydrogens (tertiary/aromatic N) is 2. The van der Waals surface area contributed by atoms with Gasteiger partial charge in [-0.15, -0.1) is 0 Å². The zero-order valence-electron chi connectivity index (χ0n) is 18.5. The van der Waals surface area contributed by atoms with Crippen molar-refractivity contribution in [3.63, 3.8) is 0 Å². The Morgan fingerprint density at radius 3 is 2.61 bits per heavy atom. The molecule has 31 heavy (non-hydrogen) atoms. The van der Waals surface area contributed by atoms with Gasteiger partial charge in [-0.1, -0.05) is 62.1 Å². The molecule has 3 atom stereocenters. The van der Waals surface area contributed by atoms with E-state index >= 15 is 0 Å². The molecule has 166 valence electrons. The Bertz CT molecular complexity index is 853. The largest absolute Gasteiger partial charge is 0.837 e. The van der Waals surface area contributed by atoms with Crippen molar-refractivity contribution in [1.29, 1.82) is 0 Å². The van der Waals surface area contributed by atoms with E-state index < -0.39 is 11.6 Å². The predicted molar refractivity (Wildman–Crippen MR) is 118 cm³/mol. The van der Waals surface area contributed by atoms with Gasteiger partial charge < -0.3 is 14.3 Å². The highest BCUT2D eigenvalue weighted by Crippen LogP contribution is 2.40. The minimum Gasteiger partial charge on any atom is -0.837 e. The van der Waals surface area contributed by atoms with Gasteiger partial charge >= 0.3 is 5.97 Å². The first-order chi connectivity index (χ1) is 15.0. The summed E-state index contributed by atoms with van der Waals surface area (Å²) in [5.74, 6) is -0.756. The van der Waals surface area contributed by atoms with Crippen LogP contribution >= 0.6 is 0 Å². The van der Waals surface area contributed by atoms with Crippen LogP contribution in [0.3, 0.4) is 0 Å². The van der Waals surface area contributed by atoms with Gasteiger partial charge in [0.15, 0.2) is 6.10 Å². The molecule has 2 unspecified atom stereocenters. The van der Waals surface area contributed by atoms with Crippen LogP contribution in [-0.2, 0) is 21.6 Å². The van der Waals surface area contributed by atoms with E-state index in [0.717, 1.165) is 69.1 Å². The number of esters is 1. The third-order valence-electron chi connectivity index (χ3n) is 7.24. The highest BCUT2D eigenvalue weighted by molar-refractivity contribution is 5.81. The number of aromatic nitrogens is 1. The molecule has 2 aliphatic rings. The summed E-state index contributed by atoms with van der Waals surface area (Å²) < 4.78 is 6.85. The Morgan fingerprint density at radius 2 is 1.90 bits per heavy atom. The lowest BCUT2D eigenvalue weighted by Crippen LogP contribution is -2.58. The van der Waals surface area contributed by atoms with E-state index in [0.29, 0.717) is 5.56 Å². The first kappa shape index (κ1) is 22.0. The second-order valence-corrected chi connectivity index (χ2v) is 9.61. The van der Waals surface area contributed by atoms with E-state index in [1.807, 2.05) is 30.5 Å². The summed E-state index contributed by atoms with van der Waals surface area (Å²) >= 11 is 0. The summed E-state index contributed by atoms with van der Waals surface area (Å²) in [4.78, 5) is 17.6. The van der Waals surface area contributed by atoms with Gasteiger partial charge in [0.2, 0.25) is 0 Å². The van der Waals surface area contributed by atoms with Gasteiger partial charge in [0.1, 0.15) is 6.54 Å². The van der Waals surface area contributed by atoms with E-state index in [2.05, 4.69) is 18.1 Å². The van der Waals surface area contributed by atoms with Crippen LogP contribution in [0.15, 0.2) is 54.9 Å². The first-order valence-corrected chi connectivity index (χ1v) is 11.7. The Balaban J connectivity index is 1.44. The van der Waals surface area contributed by atoms with Crippen molar-refractivity contribution in [1.82, 2.24) is 4.98 Å². The van der Waals surface area contributed by atoms with E-state index in [-0.39, 0.29) is 12.0 Å². The number of hydrogen-bond acceptors (Lipinski definition) is 4. The maximum atomic E-state index is 14.1. The number of likely N-dealkylation sites (tertiary alicyclic amines) is 1. The van der Waals surface area contributed by atoms with Crippen LogP contribution in [0, 0.1) is 5.92 Å². The highest BCUT2D eigenvalue weighted by atomic mass is 16.6. The van der Waals surface area contributed by atoms with Gasteiger partial charge in [0.25, 0.3) is 0 Å². The van der Waals surface area contributed by atoms with Crippen molar-refractivity contribution in [2.45, 2.75) is 56.7 Å². The molecule has 2 heterocycles. The summed E-state index contributed by atoms with van der Waals surface area (Å²) in [7, 11) is 2.23. The molecule has 0 amide bonds. The van der Waals surface area contributed by atoms with Crippen LogP contribution in [0.5, 0.6) is 0 Å². The number of piperidine rings is 1. The monoisotopic (exact) mass is 422 g/mol. The molecule has 1 saturated heterocycles. The average Bonchev–Trinajstić information content (AvgIpc) is 3.34. The van der Waals surface area contributed by atoms with Gasteiger partial charge in [-0.2, -0.15) is 0 Å². The second-order valence-electron chi connectivity index (χ2n) is 9.61. The maximum Gasteiger partial charge on any atom is 0.300 e. The van der Waals surface area contributed by atoms with Crippen LogP contribution in [0.4, 0.5) is 0 Å². The number of pyridine rings is 1. The molecule has 2 fully saturated rings. The van der Waals surface area contributed by atoms with Gasteiger partial charge in [0.05, 0.1) is 20.1 Å². The minimum absolute atomic E-state index is 0.183. The summed E-state index contributed by atoms with van der Waals surface area (Å²) in [6.45, 7) is 2.81. The Hall–Kier alpha value is -2.24. The van der Waals surface area contributed by atoms with Gasteiger partial charge in [-0.3, -0.25) is 9.78 Å². The van der Waals surface area contributed by atoms with E-state index in [1.165, 1.54) is 5.56 Å². The third-order valence-corrected chi connectivity index (χ3v) is 7.24. The number of hydrogen-bond donors (Lipinski definition) is 0. The van der Waals surface area contributed by atoms with Crippen LogP contribution in [0.1, 0.15) is 49.7 Å². The molecule has 1 aliphatic heterocycles. The van der Waals surface area contributed by atoms with Crippen LogP contribution in [0.25, 0.3) is 0 Å². The number of carbonyl (C=O) groups excluding carboxylic acids is 1. The highest BCUT2D eigenvalue weighted by Gasteiger charge is 2.42. The third kappa shape index (κ3) is 4.99. The van der Waals surface area contributed by atoms with Crippen molar-refractivity contribution < 1.29 is 19.1 Å². The zero-order valence-corrected chi connectivity index (χ0v) is 18.5. The molecule has 0 bridgehead atoms. The number of likely N-dealkylation sites (N-methyl/N-ethyl adjacent to an activating group) is 1. The Labute approximate surface area is 185 Å². The number of ether oxygens (including phenoxy) is 1. The molecule has 1 aliphatic carbocycles. The van der Waals surface area contributed by atoms with E-state index in [1.54, 1.807) is 18.3 Å². The van der Waals surface area contributed by atoms with Gasteiger partial charge in [-0.05, 0) is 29.5 Å². The molecule has 0 radical (unpaired) electrons. The minimum atomic E-state index is -1.80. The van der Waals surface area contributed by atoms with E-state index in [4.69, 9.17) is 4.74 Å². The fourth-order valence-electron chi connectivity index (χ4n) is 5.40. The molecular weight excluding hydrogens is 388 g/mol. The standard InChI is InChI=1S/C26H34N2O3/c1-28(18-15-21-9-7-16-27-19-21)17-8-14-24(20-28)31-25(29)26(30,23-12-5-6-13-23)22-10-3-2-4-11-22/h2-4,7,9-11,16,19,23-24H,5-6,8,12-15,17-18,20H2,1H3/t24?,26?,28-/m1/s1. The SMILES string of the molecule is C[N@+]1(CCc2cccnc2)CCCC(OC(=O)C([O-])(c2ccccc2)C2CCCC2)C1. The quantitative estimate of drug-likeness (QED) is 0.508. The van der Waals surface area contributed by atoms with Crippen molar-refractivity contribution in [2.75, 3.05) is 26.7 Å². The molecule has 1 saturated carbocycles. The van der Waals surface area contributed by atoms with Crippen LogP contribution in [-0.4, -0.2) is 48.2 Å². The summed E-state index contributed by atoms with van der Waals surface area (Å²) in [5.41, 5.74) is -0.0182. The molecule has 5 heteroatoms. The number of rotatable bonds is 7. The van der Waals surface area contributed by atoms with Crippen molar-refractivity contribution in [3.05, 3.63) is 66.0 Å². The Morgan fingerprint density at radius 1 is 1.13 bits per heavy atom. The zero-order chi connectivity index (χ0) is 21.7. The number of carbonyl (C=O) groups is 1. The summed E-state index contributed by atoms with van der Waals surface area (Å²) in [6, 6.07) is 13.2. The lowest BCUT2D eigenvalue weighted by Gasteiger charge is -2.46.